The maximum absolute atomic E-state index is 11.4. The predicted octanol–water partition coefficient (Wildman–Crippen LogP) is 1.71. The standard InChI is InChI=1S/C14H19NO5/c1-14(2)19-8-11(20-14)12(13(16)17)15-9-4-6-10(18-3)7-5-9/h4-7,11-12,15H,8H2,1-3H3,(H,16,17)/t11-,12+/m1/s1. The molecule has 0 aliphatic carbocycles. The first-order valence-corrected chi connectivity index (χ1v) is 6.36. The largest absolute Gasteiger partial charge is 0.497 e. The Bertz CT molecular complexity index is 471. The average molecular weight is 281 g/mol. The number of nitrogens with one attached hydrogen (secondary N) is 1. The highest BCUT2D eigenvalue weighted by molar-refractivity contribution is 5.78. The van der Waals surface area contributed by atoms with Crippen LogP contribution in [0.3, 0.4) is 0 Å². The lowest BCUT2D eigenvalue weighted by atomic mass is 10.1. The zero-order chi connectivity index (χ0) is 14.8. The maximum atomic E-state index is 11.4. The van der Waals surface area contributed by atoms with Gasteiger partial charge in [-0.05, 0) is 38.1 Å². The van der Waals surface area contributed by atoms with E-state index in [1.165, 1.54) is 0 Å². The molecule has 1 aliphatic rings. The van der Waals surface area contributed by atoms with Crippen LogP contribution in [0.5, 0.6) is 5.75 Å². The van der Waals surface area contributed by atoms with Gasteiger partial charge in [0.25, 0.3) is 0 Å². The molecule has 0 aromatic heterocycles. The molecule has 6 nitrogen and oxygen atoms in total. The van der Waals surface area contributed by atoms with Crippen molar-refractivity contribution in [2.75, 3.05) is 19.0 Å². The molecule has 1 saturated heterocycles. The second kappa shape index (κ2) is 5.68. The minimum atomic E-state index is -0.980. The smallest absolute Gasteiger partial charge is 0.328 e. The third-order valence-corrected chi connectivity index (χ3v) is 3.08. The summed E-state index contributed by atoms with van der Waals surface area (Å²) in [6.45, 7) is 3.77. The van der Waals surface area contributed by atoms with Crippen LogP contribution in [0.25, 0.3) is 0 Å². The molecule has 1 fully saturated rings. The third-order valence-electron chi connectivity index (χ3n) is 3.08. The first-order chi connectivity index (χ1) is 9.41. The minimum absolute atomic E-state index is 0.243. The van der Waals surface area contributed by atoms with Gasteiger partial charge in [0, 0.05) is 5.69 Å². The first-order valence-electron chi connectivity index (χ1n) is 6.36. The molecule has 0 bridgehead atoms. The summed E-state index contributed by atoms with van der Waals surface area (Å²) in [5.74, 6) is -1.02. The molecule has 2 N–H and O–H groups in total. The van der Waals surface area contributed by atoms with Crippen LogP contribution in [0.4, 0.5) is 5.69 Å². The van der Waals surface area contributed by atoms with Crippen molar-refractivity contribution in [3.05, 3.63) is 24.3 Å². The van der Waals surface area contributed by atoms with Gasteiger partial charge in [-0.15, -0.1) is 0 Å². The Morgan fingerprint density at radius 2 is 2.10 bits per heavy atom. The number of carboxylic acid groups (broad SMARTS) is 1. The van der Waals surface area contributed by atoms with Gasteiger partial charge in [-0.2, -0.15) is 0 Å². The van der Waals surface area contributed by atoms with Gasteiger partial charge in [-0.3, -0.25) is 0 Å². The Morgan fingerprint density at radius 3 is 2.55 bits per heavy atom. The summed E-state index contributed by atoms with van der Waals surface area (Å²) in [6, 6.07) is 6.17. The molecule has 0 amide bonds. The van der Waals surface area contributed by atoms with E-state index >= 15 is 0 Å². The Morgan fingerprint density at radius 1 is 1.45 bits per heavy atom. The summed E-state index contributed by atoms with van der Waals surface area (Å²) in [5, 5.41) is 12.3. The fourth-order valence-electron chi connectivity index (χ4n) is 2.06. The molecule has 1 aliphatic heterocycles. The molecule has 0 radical (unpaired) electrons. The summed E-state index contributed by atoms with van der Waals surface area (Å²) in [7, 11) is 1.58. The van der Waals surface area contributed by atoms with Crippen molar-refractivity contribution in [3.63, 3.8) is 0 Å². The van der Waals surface area contributed by atoms with E-state index in [1.54, 1.807) is 45.2 Å². The third kappa shape index (κ3) is 3.40. The molecular weight excluding hydrogens is 262 g/mol. The lowest BCUT2D eigenvalue weighted by Crippen LogP contribution is -2.42. The number of carboxylic acids is 1. The van der Waals surface area contributed by atoms with Gasteiger partial charge in [-0.1, -0.05) is 0 Å². The number of hydrogen-bond acceptors (Lipinski definition) is 5. The Hall–Kier alpha value is -1.79. The van der Waals surface area contributed by atoms with Crippen LogP contribution in [0, 0.1) is 0 Å². The van der Waals surface area contributed by atoms with E-state index in [4.69, 9.17) is 14.2 Å². The second-order valence-electron chi connectivity index (χ2n) is 5.06. The zero-order valence-corrected chi connectivity index (χ0v) is 11.8. The van der Waals surface area contributed by atoms with E-state index in [-0.39, 0.29) is 6.61 Å². The summed E-state index contributed by atoms with van der Waals surface area (Å²) in [6.07, 6.45) is -0.537. The molecule has 1 heterocycles. The average Bonchev–Trinajstić information content (AvgIpc) is 2.76. The molecule has 6 heteroatoms. The minimum Gasteiger partial charge on any atom is -0.497 e. The first kappa shape index (κ1) is 14.6. The summed E-state index contributed by atoms with van der Waals surface area (Å²) in [4.78, 5) is 11.4. The summed E-state index contributed by atoms with van der Waals surface area (Å²) in [5.41, 5.74) is 0.687. The van der Waals surface area contributed by atoms with E-state index in [0.717, 1.165) is 0 Å². The maximum Gasteiger partial charge on any atom is 0.328 e. The number of benzene rings is 1. The predicted molar refractivity (Wildman–Crippen MR) is 72.9 cm³/mol. The SMILES string of the molecule is COc1ccc(N[C@H](C(=O)O)[C@H]2COC(C)(C)O2)cc1. The second-order valence-corrected chi connectivity index (χ2v) is 5.06. The van der Waals surface area contributed by atoms with Crippen LogP contribution in [0.1, 0.15) is 13.8 Å². The normalized spacial score (nSPS) is 22.2. The van der Waals surface area contributed by atoms with Gasteiger partial charge in [-0.25, -0.2) is 4.79 Å². The summed E-state index contributed by atoms with van der Waals surface area (Å²) < 4.78 is 16.1. The van der Waals surface area contributed by atoms with Crippen molar-refractivity contribution in [2.45, 2.75) is 31.8 Å². The van der Waals surface area contributed by atoms with Crippen LogP contribution in [-0.4, -0.2) is 42.7 Å². The fraction of sp³-hybridized carbons (Fsp3) is 0.500. The van der Waals surface area contributed by atoms with Crippen LogP contribution in [0.2, 0.25) is 0 Å². The van der Waals surface area contributed by atoms with E-state index in [2.05, 4.69) is 5.32 Å². The number of rotatable bonds is 5. The number of carbonyl (C=O) groups is 1. The van der Waals surface area contributed by atoms with Gasteiger partial charge in [0.2, 0.25) is 0 Å². The van der Waals surface area contributed by atoms with Crippen LogP contribution < -0.4 is 10.1 Å². The van der Waals surface area contributed by atoms with E-state index in [1.807, 2.05) is 0 Å². The molecule has 0 spiro atoms. The van der Waals surface area contributed by atoms with Gasteiger partial charge in [0.05, 0.1) is 13.7 Å². The highest BCUT2D eigenvalue weighted by Crippen LogP contribution is 2.26. The molecular formula is C14H19NO5. The van der Waals surface area contributed by atoms with Crippen molar-refractivity contribution in [3.8, 4) is 5.75 Å². The highest BCUT2D eigenvalue weighted by atomic mass is 16.7. The number of anilines is 1. The fourth-order valence-corrected chi connectivity index (χ4v) is 2.06. The molecule has 0 saturated carbocycles. The highest BCUT2D eigenvalue weighted by Gasteiger charge is 2.40. The van der Waals surface area contributed by atoms with Crippen molar-refractivity contribution in [2.24, 2.45) is 0 Å². The number of hydrogen-bond donors (Lipinski definition) is 2. The van der Waals surface area contributed by atoms with E-state index in [9.17, 15) is 9.90 Å². The van der Waals surface area contributed by atoms with E-state index < -0.39 is 23.9 Å². The number of aliphatic carboxylic acids is 1. The quantitative estimate of drug-likeness (QED) is 0.855. The Balaban J connectivity index is 2.07. The lowest BCUT2D eigenvalue weighted by molar-refractivity contribution is -0.151. The van der Waals surface area contributed by atoms with Crippen molar-refractivity contribution < 1.29 is 24.1 Å². The summed E-state index contributed by atoms with van der Waals surface area (Å²) >= 11 is 0. The molecule has 1 aromatic rings. The molecule has 110 valence electrons. The van der Waals surface area contributed by atoms with E-state index in [0.29, 0.717) is 11.4 Å². The van der Waals surface area contributed by atoms with Gasteiger partial charge in [0.1, 0.15) is 11.9 Å². The number of methoxy groups -OCH3 is 1. The van der Waals surface area contributed by atoms with Gasteiger partial charge in [0.15, 0.2) is 11.8 Å². The van der Waals surface area contributed by atoms with Crippen LogP contribution in [0.15, 0.2) is 24.3 Å². The van der Waals surface area contributed by atoms with Crippen LogP contribution in [-0.2, 0) is 14.3 Å². The van der Waals surface area contributed by atoms with Gasteiger partial charge >= 0.3 is 5.97 Å². The Kier molecular flexibility index (Phi) is 4.15. The molecule has 1 aromatic carbocycles. The lowest BCUT2D eigenvalue weighted by Gasteiger charge is -2.23. The Labute approximate surface area is 117 Å². The zero-order valence-electron chi connectivity index (χ0n) is 11.8. The molecule has 20 heavy (non-hydrogen) atoms. The molecule has 2 atom stereocenters. The van der Waals surface area contributed by atoms with Crippen molar-refractivity contribution in [1.29, 1.82) is 0 Å². The number of ether oxygens (including phenoxy) is 3. The molecule has 2 rings (SSSR count). The monoisotopic (exact) mass is 281 g/mol. The van der Waals surface area contributed by atoms with Crippen molar-refractivity contribution >= 4 is 11.7 Å². The van der Waals surface area contributed by atoms with Crippen molar-refractivity contribution in [1.82, 2.24) is 0 Å². The van der Waals surface area contributed by atoms with Gasteiger partial charge < -0.3 is 24.6 Å². The molecule has 0 unspecified atom stereocenters. The van der Waals surface area contributed by atoms with Crippen LogP contribution >= 0.6 is 0 Å². The topological polar surface area (TPSA) is 77.0 Å².